The van der Waals surface area contributed by atoms with E-state index in [1.54, 1.807) is 13.8 Å². The van der Waals surface area contributed by atoms with Gasteiger partial charge >= 0.3 is 13.3 Å². The predicted octanol–water partition coefficient (Wildman–Crippen LogP) is 2.06. The number of fused-ring (bicyclic) bond motifs is 2. The lowest BCUT2D eigenvalue weighted by atomic mass is 10.1. The first kappa shape index (κ1) is 23.3. The third-order valence-electron chi connectivity index (χ3n) is 4.95. The Morgan fingerprint density at radius 2 is 1.74 bits per heavy atom. The molecule has 0 saturated carbocycles. The third-order valence-corrected chi connectivity index (χ3v) is 7.03. The third kappa shape index (κ3) is 5.27. The van der Waals surface area contributed by atoms with Gasteiger partial charge in [0, 0.05) is 19.6 Å². The molecule has 2 N–H and O–H groups in total. The number of hydrogen-bond donors (Lipinski definition) is 2. The monoisotopic (exact) mass is 449 g/mol. The van der Waals surface area contributed by atoms with Crippen LogP contribution in [0.1, 0.15) is 25.0 Å². The predicted molar refractivity (Wildman–Crippen MR) is 119 cm³/mol. The number of aromatic amines is 1. The van der Waals surface area contributed by atoms with E-state index in [0.29, 0.717) is 38.4 Å². The van der Waals surface area contributed by atoms with Crippen LogP contribution < -0.4 is 16.6 Å². The number of aromatic nitrogens is 4. The van der Waals surface area contributed by atoms with Crippen LogP contribution in [0.15, 0.2) is 21.7 Å². The van der Waals surface area contributed by atoms with E-state index in [1.165, 1.54) is 0 Å². The molecule has 0 fully saturated rings. The molecule has 0 radical (unpaired) electrons. The highest BCUT2D eigenvalue weighted by Gasteiger charge is 2.23. The fraction of sp³-hybridized carbons (Fsp3) is 0.500. The SMILES string of the molecule is CCOP(=O)(CCNCCn1c2nc(=O)[nH]c(=O)c-2nc2cc(C)c(C)cc21)OCC. The van der Waals surface area contributed by atoms with Gasteiger partial charge < -0.3 is 18.9 Å². The van der Waals surface area contributed by atoms with Gasteiger partial charge in [-0.15, -0.1) is 0 Å². The van der Waals surface area contributed by atoms with Crippen molar-refractivity contribution < 1.29 is 13.6 Å². The number of H-pyrrole nitrogens is 1. The summed E-state index contributed by atoms with van der Waals surface area (Å²) in [6.07, 6.45) is 0.248. The summed E-state index contributed by atoms with van der Waals surface area (Å²) in [7, 11) is -3.11. The first-order chi connectivity index (χ1) is 14.8. The van der Waals surface area contributed by atoms with Crippen molar-refractivity contribution in [1.29, 1.82) is 0 Å². The van der Waals surface area contributed by atoms with Crippen molar-refractivity contribution >= 4 is 18.6 Å². The Bertz CT molecular complexity index is 1190. The summed E-state index contributed by atoms with van der Waals surface area (Å²) in [5.41, 5.74) is 2.40. The molecule has 3 rings (SSSR count). The normalized spacial score (nSPS) is 12.1. The number of aryl methyl sites for hydroxylation is 2. The highest BCUT2D eigenvalue weighted by molar-refractivity contribution is 7.53. The van der Waals surface area contributed by atoms with E-state index in [2.05, 4.69) is 20.3 Å². The number of nitrogens with one attached hydrogen (secondary N) is 2. The van der Waals surface area contributed by atoms with Crippen molar-refractivity contribution in [3.05, 3.63) is 44.1 Å². The van der Waals surface area contributed by atoms with Gasteiger partial charge in [-0.05, 0) is 51.0 Å². The van der Waals surface area contributed by atoms with E-state index in [1.807, 2.05) is 30.5 Å². The Morgan fingerprint density at radius 1 is 1.06 bits per heavy atom. The highest BCUT2D eigenvalue weighted by atomic mass is 31.2. The van der Waals surface area contributed by atoms with Gasteiger partial charge in [0.15, 0.2) is 11.5 Å². The smallest absolute Gasteiger partial charge is 0.321 e. The Kier molecular flexibility index (Phi) is 7.38. The second-order valence-corrected chi connectivity index (χ2v) is 9.34. The molecule has 11 heteroatoms. The lowest BCUT2D eigenvalue weighted by Gasteiger charge is -2.19. The minimum absolute atomic E-state index is 0.118. The highest BCUT2D eigenvalue weighted by Crippen LogP contribution is 2.47. The number of hydrogen-bond acceptors (Lipinski definition) is 8. The van der Waals surface area contributed by atoms with Gasteiger partial charge in [0.2, 0.25) is 0 Å². The van der Waals surface area contributed by atoms with Crippen LogP contribution in [0.2, 0.25) is 0 Å². The van der Waals surface area contributed by atoms with Crippen molar-refractivity contribution in [3.63, 3.8) is 0 Å². The van der Waals surface area contributed by atoms with Crippen molar-refractivity contribution in [2.45, 2.75) is 34.2 Å². The molecule has 0 amide bonds. The second kappa shape index (κ2) is 9.82. The molecule has 0 aromatic heterocycles. The second-order valence-electron chi connectivity index (χ2n) is 7.15. The molecule has 168 valence electrons. The molecule has 0 saturated heterocycles. The summed E-state index contributed by atoms with van der Waals surface area (Å²) in [6, 6.07) is 3.89. The van der Waals surface area contributed by atoms with E-state index in [4.69, 9.17) is 9.05 Å². The van der Waals surface area contributed by atoms with Crippen LogP contribution >= 0.6 is 7.60 Å². The first-order valence-electron chi connectivity index (χ1n) is 10.3. The maximum absolute atomic E-state index is 12.6. The van der Waals surface area contributed by atoms with Crippen LogP contribution in [0.3, 0.4) is 0 Å². The molecule has 1 aromatic rings. The quantitative estimate of drug-likeness (QED) is 0.273. The van der Waals surface area contributed by atoms with Crippen molar-refractivity contribution in [1.82, 2.24) is 24.8 Å². The molecule has 0 aliphatic carbocycles. The fourth-order valence-corrected chi connectivity index (χ4v) is 4.92. The molecule has 2 aliphatic rings. The summed E-state index contributed by atoms with van der Waals surface area (Å²) < 4.78 is 25.0. The Morgan fingerprint density at radius 3 is 2.42 bits per heavy atom. The Balaban J connectivity index is 1.86. The molecule has 31 heavy (non-hydrogen) atoms. The number of nitrogens with zero attached hydrogens (tertiary/aromatic N) is 3. The van der Waals surface area contributed by atoms with Crippen LogP contribution in [0, 0.1) is 13.8 Å². The van der Waals surface area contributed by atoms with Crippen molar-refractivity contribution in [3.8, 4) is 11.5 Å². The van der Waals surface area contributed by atoms with Crippen molar-refractivity contribution in [2.24, 2.45) is 0 Å². The first-order valence-corrected chi connectivity index (χ1v) is 12.0. The van der Waals surface area contributed by atoms with Gasteiger partial charge in [-0.2, -0.15) is 4.98 Å². The largest absolute Gasteiger partial charge is 0.349 e. The van der Waals surface area contributed by atoms with Crippen molar-refractivity contribution in [2.75, 3.05) is 32.5 Å². The molecule has 2 heterocycles. The van der Waals surface area contributed by atoms with E-state index in [0.717, 1.165) is 16.6 Å². The molecule has 2 aliphatic heterocycles. The van der Waals surface area contributed by atoms with Crippen LogP contribution in [-0.4, -0.2) is 52.0 Å². The zero-order valence-corrected chi connectivity index (χ0v) is 19.1. The number of rotatable bonds is 10. The maximum Gasteiger partial charge on any atom is 0.349 e. The Labute approximate surface area is 179 Å². The average molecular weight is 449 g/mol. The molecule has 0 unspecified atom stereocenters. The topological polar surface area (TPSA) is 128 Å². The summed E-state index contributed by atoms with van der Waals surface area (Å²) in [4.78, 5) is 34.8. The van der Waals surface area contributed by atoms with Gasteiger partial charge in [-0.3, -0.25) is 14.3 Å². The summed E-state index contributed by atoms with van der Waals surface area (Å²) in [5.74, 6) is 0.237. The van der Waals surface area contributed by atoms with Crippen LogP contribution in [0.4, 0.5) is 0 Å². The van der Waals surface area contributed by atoms with E-state index < -0.39 is 18.8 Å². The summed E-state index contributed by atoms with van der Waals surface area (Å²) in [5, 5.41) is 3.23. The van der Waals surface area contributed by atoms with Crippen LogP contribution in [0.5, 0.6) is 0 Å². The van der Waals surface area contributed by atoms with Crippen LogP contribution in [-0.2, 0) is 20.2 Å². The van der Waals surface area contributed by atoms with Crippen LogP contribution in [0.25, 0.3) is 22.6 Å². The van der Waals surface area contributed by atoms with Gasteiger partial charge in [-0.25, -0.2) is 9.78 Å². The molecular formula is C20H28N5O5P. The lowest BCUT2D eigenvalue weighted by molar-refractivity contribution is 0.220. The zero-order valence-electron chi connectivity index (χ0n) is 18.2. The van der Waals surface area contributed by atoms with Gasteiger partial charge in [0.05, 0.1) is 30.4 Å². The minimum Gasteiger partial charge on any atom is -0.321 e. The molecule has 10 nitrogen and oxygen atoms in total. The van der Waals surface area contributed by atoms with Gasteiger partial charge in [0.1, 0.15) is 0 Å². The summed E-state index contributed by atoms with van der Waals surface area (Å²) >= 11 is 0. The maximum atomic E-state index is 12.6. The van der Waals surface area contributed by atoms with Gasteiger partial charge in [-0.1, -0.05) is 0 Å². The van der Waals surface area contributed by atoms with E-state index in [-0.39, 0.29) is 17.7 Å². The van der Waals surface area contributed by atoms with E-state index >= 15 is 0 Å². The molecular weight excluding hydrogens is 421 g/mol. The Hall–Kier alpha value is -2.39. The molecule has 0 atom stereocenters. The molecule has 1 aromatic carbocycles. The minimum atomic E-state index is -3.11. The lowest BCUT2D eigenvalue weighted by Crippen LogP contribution is -2.31. The van der Waals surface area contributed by atoms with E-state index in [9.17, 15) is 14.2 Å². The number of benzene rings is 1. The average Bonchev–Trinajstić information content (AvgIpc) is 2.69. The van der Waals surface area contributed by atoms with Gasteiger partial charge in [0.25, 0.3) is 5.56 Å². The zero-order chi connectivity index (χ0) is 22.6. The summed E-state index contributed by atoms with van der Waals surface area (Å²) in [6.45, 7) is 9.51. The molecule has 0 bridgehead atoms. The molecule has 0 spiro atoms. The standard InChI is InChI=1S/C20H28N5O5P/c1-5-29-31(28,30-6-2)10-8-21-7-9-25-16-12-14(4)13(3)11-15(16)22-17-18(25)23-20(27)24-19(17)26/h11-12,21H,5-10H2,1-4H3,(H,24,26,27). The fourth-order valence-electron chi connectivity index (χ4n) is 3.37.